The van der Waals surface area contributed by atoms with Crippen molar-refractivity contribution in [2.24, 2.45) is 27.4 Å². The van der Waals surface area contributed by atoms with Crippen LogP contribution in [0, 0.1) is 21.7 Å². The molecule has 1 fully saturated rings. The summed E-state index contributed by atoms with van der Waals surface area (Å²) in [6, 6.07) is -1.83. The minimum absolute atomic E-state index is 0.00820. The van der Waals surface area contributed by atoms with Gasteiger partial charge in [0.2, 0.25) is 17.7 Å². The molecule has 0 saturated carbocycles. The number of rotatable bonds is 13. The molecule has 10 heteroatoms. The molecule has 1 aliphatic rings. The lowest BCUT2D eigenvalue weighted by atomic mass is 9.67. The lowest BCUT2D eigenvalue weighted by molar-refractivity contribution is -0.153. The van der Waals surface area contributed by atoms with Crippen LogP contribution in [-0.4, -0.2) is 77.7 Å². The molecule has 0 spiro atoms. The van der Waals surface area contributed by atoms with E-state index < -0.39 is 46.4 Å². The molecule has 0 aromatic heterocycles. The number of carbonyl (C=O) groups excluding carboxylic acids is 4. The van der Waals surface area contributed by atoms with Crippen LogP contribution >= 0.6 is 0 Å². The van der Waals surface area contributed by atoms with Crippen molar-refractivity contribution in [3.8, 4) is 0 Å². The van der Waals surface area contributed by atoms with E-state index in [2.05, 4.69) is 33.0 Å². The largest absolute Gasteiger partial charge is 0.469 e. The third-order valence-corrected chi connectivity index (χ3v) is 7.36. The number of nitrogens with zero attached hydrogens (tertiary/aromatic N) is 1. The molecule has 0 radical (unpaired) electrons. The molecular formula is C30H55N3O7. The van der Waals surface area contributed by atoms with E-state index in [1.165, 1.54) is 12.0 Å². The van der Waals surface area contributed by atoms with Gasteiger partial charge in [0.15, 0.2) is 0 Å². The van der Waals surface area contributed by atoms with Crippen molar-refractivity contribution in [1.29, 1.82) is 0 Å². The van der Waals surface area contributed by atoms with Gasteiger partial charge >= 0.3 is 5.97 Å². The van der Waals surface area contributed by atoms with Gasteiger partial charge in [0.25, 0.3) is 0 Å². The van der Waals surface area contributed by atoms with E-state index in [1.54, 1.807) is 0 Å². The Balaban J connectivity index is 2.87. The Morgan fingerprint density at radius 1 is 0.950 bits per heavy atom. The highest BCUT2D eigenvalue weighted by Gasteiger charge is 2.44. The molecule has 232 valence electrons. The predicted molar refractivity (Wildman–Crippen MR) is 154 cm³/mol. The zero-order chi connectivity index (χ0) is 31.5. The van der Waals surface area contributed by atoms with Crippen LogP contribution in [0.4, 0.5) is 0 Å². The number of hydrogen-bond donors (Lipinski definition) is 3. The van der Waals surface area contributed by atoms with E-state index in [9.17, 15) is 24.3 Å². The second kappa shape index (κ2) is 12.8. The Labute approximate surface area is 241 Å². The number of nitrogens with two attached hydrogens (primary N) is 1. The molecule has 1 heterocycles. The second-order valence-electron chi connectivity index (χ2n) is 15.4. The van der Waals surface area contributed by atoms with Crippen LogP contribution in [-0.2, 0) is 28.7 Å². The second-order valence-corrected chi connectivity index (χ2v) is 15.4. The quantitative estimate of drug-likeness (QED) is 0.289. The van der Waals surface area contributed by atoms with Gasteiger partial charge in [-0.1, -0.05) is 48.5 Å². The fourth-order valence-electron chi connectivity index (χ4n) is 6.14. The smallest absolute Gasteiger partial charge is 0.311 e. The number of esters is 1. The molecular weight excluding hydrogens is 514 g/mol. The van der Waals surface area contributed by atoms with Crippen molar-refractivity contribution in [3.05, 3.63) is 0 Å². The molecule has 1 rings (SSSR count). The van der Waals surface area contributed by atoms with E-state index in [4.69, 9.17) is 15.2 Å². The zero-order valence-electron chi connectivity index (χ0n) is 26.9. The summed E-state index contributed by atoms with van der Waals surface area (Å²) in [4.78, 5) is 52.0. The number of ether oxygens (including phenoxy) is 2. The maximum atomic E-state index is 13.4. The highest BCUT2D eigenvalue weighted by molar-refractivity contribution is 5.92. The van der Waals surface area contributed by atoms with E-state index in [0.29, 0.717) is 13.0 Å². The average Bonchev–Trinajstić information content (AvgIpc) is 3.14. The van der Waals surface area contributed by atoms with Crippen LogP contribution in [0.2, 0.25) is 0 Å². The van der Waals surface area contributed by atoms with E-state index in [1.807, 2.05) is 48.5 Å². The summed E-state index contributed by atoms with van der Waals surface area (Å²) >= 11 is 0. The first-order valence-corrected chi connectivity index (χ1v) is 14.1. The summed E-state index contributed by atoms with van der Waals surface area (Å²) in [5.74, 6) is -1.72. The van der Waals surface area contributed by atoms with Gasteiger partial charge in [-0.25, -0.2) is 0 Å². The number of aliphatic hydroxyl groups excluding tert-OH is 1. The number of likely N-dealkylation sites (tertiary alicyclic amines) is 1. The molecule has 2 unspecified atom stereocenters. The fourth-order valence-corrected chi connectivity index (χ4v) is 6.14. The van der Waals surface area contributed by atoms with Gasteiger partial charge in [0.05, 0.1) is 37.3 Å². The first-order chi connectivity index (χ1) is 17.8. The number of nitrogens with one attached hydrogen (secondary N) is 1. The summed E-state index contributed by atoms with van der Waals surface area (Å²) in [5.41, 5.74) is 2.97. The van der Waals surface area contributed by atoms with Crippen LogP contribution in [0.15, 0.2) is 0 Å². The minimum Gasteiger partial charge on any atom is -0.469 e. The van der Waals surface area contributed by atoms with Gasteiger partial charge < -0.3 is 30.5 Å². The van der Waals surface area contributed by atoms with E-state index in [0.717, 1.165) is 6.42 Å². The van der Waals surface area contributed by atoms with Crippen LogP contribution < -0.4 is 11.1 Å². The Morgan fingerprint density at radius 2 is 1.50 bits per heavy atom. The maximum Gasteiger partial charge on any atom is 0.311 e. The number of amides is 3. The summed E-state index contributed by atoms with van der Waals surface area (Å²) in [7, 11) is 1.40. The first kappa shape index (κ1) is 35.8. The Hall–Kier alpha value is -2.20. The molecule has 0 aromatic rings. The molecule has 0 aliphatic carbocycles. The SMILES string of the molecule is COC(=O)C(C)(C)CC(C)(C)CC(C)(C)COC(C)(C)CC(=O)NC(C(=O)N1C[C@H](O)CC1C(N)=O)C(C)(C)C. The van der Waals surface area contributed by atoms with E-state index in [-0.39, 0.29) is 42.1 Å². The van der Waals surface area contributed by atoms with Gasteiger partial charge in [0.1, 0.15) is 12.1 Å². The maximum absolute atomic E-state index is 13.4. The number of hydrogen-bond acceptors (Lipinski definition) is 7. The molecule has 40 heavy (non-hydrogen) atoms. The van der Waals surface area contributed by atoms with Crippen molar-refractivity contribution in [3.63, 3.8) is 0 Å². The Bertz CT molecular complexity index is 934. The normalized spacial score (nSPS) is 19.8. The minimum atomic E-state index is -0.918. The van der Waals surface area contributed by atoms with Gasteiger partial charge in [-0.15, -0.1) is 0 Å². The summed E-state index contributed by atoms with van der Waals surface area (Å²) < 4.78 is 11.2. The number of aliphatic hydroxyl groups is 1. The molecule has 4 N–H and O–H groups in total. The average molecular weight is 570 g/mol. The molecule has 1 saturated heterocycles. The molecule has 0 aromatic carbocycles. The molecule has 1 aliphatic heterocycles. The molecule has 0 bridgehead atoms. The standard InChI is InChI=1S/C30H55N3O7/c1-26(2,3)22(24(37)33-15-19(34)13-20(33)23(31)36)32-21(35)14-30(10,11)40-18-28(6,7)16-27(4,5)17-29(8,9)25(38)39-12/h19-20,22,34H,13-18H2,1-12H3,(H2,31,36)(H,32,35)/t19-,20?,22?/m1/s1. The van der Waals surface area contributed by atoms with Crippen LogP contribution in [0.3, 0.4) is 0 Å². The Kier molecular flexibility index (Phi) is 11.4. The zero-order valence-corrected chi connectivity index (χ0v) is 26.9. The van der Waals surface area contributed by atoms with Gasteiger partial charge in [-0.3, -0.25) is 19.2 Å². The van der Waals surface area contributed by atoms with Crippen LogP contribution in [0.25, 0.3) is 0 Å². The van der Waals surface area contributed by atoms with Gasteiger partial charge in [-0.2, -0.15) is 0 Å². The summed E-state index contributed by atoms with van der Waals surface area (Å²) in [6.45, 7) is 21.8. The third-order valence-electron chi connectivity index (χ3n) is 7.36. The highest BCUT2D eigenvalue weighted by atomic mass is 16.5. The predicted octanol–water partition coefficient (Wildman–Crippen LogP) is 3.18. The van der Waals surface area contributed by atoms with Crippen molar-refractivity contribution >= 4 is 23.7 Å². The third kappa shape index (κ3) is 10.7. The van der Waals surface area contributed by atoms with E-state index >= 15 is 0 Å². The number of primary amides is 1. The van der Waals surface area contributed by atoms with Crippen molar-refractivity contribution in [2.75, 3.05) is 20.3 Å². The van der Waals surface area contributed by atoms with Crippen LogP contribution in [0.5, 0.6) is 0 Å². The van der Waals surface area contributed by atoms with Gasteiger partial charge in [0, 0.05) is 13.0 Å². The Morgan fingerprint density at radius 3 is 1.98 bits per heavy atom. The number of β-amino-alcohol motifs (C(OH)–C–C–N with tert-alkyl or cyclic N) is 1. The molecule has 3 amide bonds. The van der Waals surface area contributed by atoms with Crippen LogP contribution in [0.1, 0.15) is 102 Å². The number of methoxy groups -OCH3 is 1. The summed E-state index contributed by atoms with van der Waals surface area (Å²) in [6.07, 6.45) is 0.689. The highest BCUT2D eigenvalue weighted by Crippen LogP contribution is 2.43. The lowest BCUT2D eigenvalue weighted by Crippen LogP contribution is -2.58. The first-order valence-electron chi connectivity index (χ1n) is 14.1. The summed E-state index contributed by atoms with van der Waals surface area (Å²) in [5, 5.41) is 12.9. The molecule has 3 atom stereocenters. The van der Waals surface area contributed by atoms with Crippen molar-refractivity contribution in [2.45, 2.75) is 126 Å². The monoisotopic (exact) mass is 569 g/mol. The van der Waals surface area contributed by atoms with Crippen molar-refractivity contribution < 1.29 is 33.8 Å². The topological polar surface area (TPSA) is 148 Å². The fraction of sp³-hybridized carbons (Fsp3) is 0.867. The number of carbonyl (C=O) groups is 4. The molecule has 10 nitrogen and oxygen atoms in total. The van der Waals surface area contributed by atoms with Gasteiger partial charge in [-0.05, 0) is 56.8 Å². The lowest BCUT2D eigenvalue weighted by Gasteiger charge is -2.40. The van der Waals surface area contributed by atoms with Crippen molar-refractivity contribution in [1.82, 2.24) is 10.2 Å².